The second-order valence-corrected chi connectivity index (χ2v) is 4.69. The third-order valence-electron chi connectivity index (χ3n) is 4.26. The average molecular weight is 208 g/mol. The summed E-state index contributed by atoms with van der Waals surface area (Å²) in [6.45, 7) is 4.35. The first-order chi connectivity index (χ1) is 7.14. The Morgan fingerprint density at radius 2 is 2.20 bits per heavy atom. The van der Waals surface area contributed by atoms with Crippen molar-refractivity contribution >= 4 is 0 Å². The summed E-state index contributed by atoms with van der Waals surface area (Å²) in [5.74, 6) is 0.496. The van der Waals surface area contributed by atoms with Gasteiger partial charge >= 0.3 is 0 Å². The van der Waals surface area contributed by atoms with Gasteiger partial charge in [0.25, 0.3) is 0 Å². The summed E-state index contributed by atoms with van der Waals surface area (Å²) in [5, 5.41) is 14.2. The Hall–Kier alpha value is -0.830. The van der Waals surface area contributed by atoms with Gasteiger partial charge in [-0.25, -0.2) is 0 Å². The van der Waals surface area contributed by atoms with Crippen LogP contribution in [-0.2, 0) is 7.05 Å². The van der Waals surface area contributed by atoms with Gasteiger partial charge in [-0.05, 0) is 30.7 Å². The second-order valence-electron chi connectivity index (χ2n) is 4.69. The topological polar surface area (TPSA) is 38.1 Å². The Balaban J connectivity index is 2.25. The zero-order valence-electron chi connectivity index (χ0n) is 9.77. The van der Waals surface area contributed by atoms with E-state index in [2.05, 4.69) is 25.1 Å². The van der Waals surface area contributed by atoms with Gasteiger partial charge in [-0.1, -0.05) is 13.8 Å². The molecule has 2 atom stereocenters. The lowest BCUT2D eigenvalue weighted by Crippen LogP contribution is -2.50. The predicted octanol–water partition coefficient (Wildman–Crippen LogP) is 2.07. The van der Waals surface area contributed by atoms with Crippen LogP contribution in [0.1, 0.15) is 44.6 Å². The van der Waals surface area contributed by atoms with Crippen LogP contribution in [0.5, 0.6) is 0 Å². The van der Waals surface area contributed by atoms with E-state index in [4.69, 9.17) is 0 Å². The van der Waals surface area contributed by atoms with E-state index in [0.29, 0.717) is 5.92 Å². The maximum absolute atomic E-state index is 9.97. The first-order valence-corrected chi connectivity index (χ1v) is 5.80. The van der Waals surface area contributed by atoms with Gasteiger partial charge in [-0.3, -0.25) is 4.68 Å². The first kappa shape index (κ1) is 10.7. The molecule has 1 aliphatic carbocycles. The van der Waals surface area contributed by atoms with Crippen molar-refractivity contribution in [1.82, 2.24) is 9.78 Å². The van der Waals surface area contributed by atoms with Gasteiger partial charge in [0.1, 0.15) is 0 Å². The van der Waals surface area contributed by atoms with Crippen molar-refractivity contribution in [1.29, 1.82) is 0 Å². The standard InChI is InChI=1S/C12H20N2O/c1-4-12(5-2)10(6-11(12)15)9-7-13-14(3)8-9/h7-8,10-11,15H,4-6H2,1-3H3. The fourth-order valence-corrected chi connectivity index (χ4v) is 3.07. The number of nitrogens with zero attached hydrogens (tertiary/aromatic N) is 2. The normalized spacial score (nSPS) is 28.8. The SMILES string of the molecule is CCC1(CC)C(O)CC1c1cnn(C)c1. The van der Waals surface area contributed by atoms with E-state index in [1.165, 1.54) is 5.56 Å². The average Bonchev–Trinajstić information content (AvgIpc) is 2.63. The fourth-order valence-electron chi connectivity index (χ4n) is 3.07. The number of aliphatic hydroxyl groups excluding tert-OH is 1. The van der Waals surface area contributed by atoms with Crippen molar-refractivity contribution in [3.05, 3.63) is 18.0 Å². The summed E-state index contributed by atoms with van der Waals surface area (Å²) in [6, 6.07) is 0. The molecule has 0 radical (unpaired) electrons. The summed E-state index contributed by atoms with van der Waals surface area (Å²) >= 11 is 0. The zero-order chi connectivity index (χ0) is 11.1. The van der Waals surface area contributed by atoms with Crippen molar-refractivity contribution in [2.75, 3.05) is 0 Å². The zero-order valence-corrected chi connectivity index (χ0v) is 9.77. The molecular formula is C12H20N2O. The molecule has 1 aliphatic rings. The third kappa shape index (κ3) is 1.41. The van der Waals surface area contributed by atoms with Gasteiger partial charge in [-0.2, -0.15) is 5.10 Å². The van der Waals surface area contributed by atoms with Crippen LogP contribution in [0.15, 0.2) is 12.4 Å². The number of aryl methyl sites for hydroxylation is 1. The molecule has 3 heteroatoms. The molecule has 0 aromatic carbocycles. The van der Waals surface area contributed by atoms with Crippen molar-refractivity contribution < 1.29 is 5.11 Å². The van der Waals surface area contributed by atoms with Crippen LogP contribution in [0.3, 0.4) is 0 Å². The summed E-state index contributed by atoms with van der Waals surface area (Å²) in [7, 11) is 1.94. The van der Waals surface area contributed by atoms with Gasteiger partial charge in [-0.15, -0.1) is 0 Å². The monoisotopic (exact) mass is 208 g/mol. The smallest absolute Gasteiger partial charge is 0.0608 e. The van der Waals surface area contributed by atoms with Crippen molar-refractivity contribution in [3.63, 3.8) is 0 Å². The van der Waals surface area contributed by atoms with E-state index in [-0.39, 0.29) is 11.5 Å². The Bertz CT molecular complexity index is 341. The lowest BCUT2D eigenvalue weighted by Gasteiger charge is -2.53. The molecule has 0 amide bonds. The van der Waals surface area contributed by atoms with E-state index < -0.39 is 0 Å². The molecule has 2 unspecified atom stereocenters. The second kappa shape index (κ2) is 3.63. The van der Waals surface area contributed by atoms with Crippen LogP contribution in [0, 0.1) is 5.41 Å². The minimum atomic E-state index is -0.127. The van der Waals surface area contributed by atoms with E-state index in [0.717, 1.165) is 19.3 Å². The number of hydrogen-bond acceptors (Lipinski definition) is 2. The molecule has 0 saturated heterocycles. The molecule has 1 fully saturated rings. The molecular weight excluding hydrogens is 188 g/mol. The number of hydrogen-bond donors (Lipinski definition) is 1. The van der Waals surface area contributed by atoms with Crippen molar-refractivity contribution in [2.45, 2.75) is 45.1 Å². The Kier molecular flexibility index (Phi) is 2.59. The molecule has 0 bridgehead atoms. The predicted molar refractivity (Wildman–Crippen MR) is 59.6 cm³/mol. The lowest BCUT2D eigenvalue weighted by atomic mass is 9.53. The minimum absolute atomic E-state index is 0.100. The molecule has 0 aliphatic heterocycles. The summed E-state index contributed by atoms with van der Waals surface area (Å²) < 4.78 is 1.84. The van der Waals surface area contributed by atoms with Gasteiger partial charge in [0.2, 0.25) is 0 Å². The van der Waals surface area contributed by atoms with E-state index in [1.807, 2.05) is 17.9 Å². The minimum Gasteiger partial charge on any atom is -0.393 e. The maximum Gasteiger partial charge on any atom is 0.0608 e. The van der Waals surface area contributed by atoms with Crippen LogP contribution < -0.4 is 0 Å². The van der Waals surface area contributed by atoms with Crippen LogP contribution >= 0.6 is 0 Å². The first-order valence-electron chi connectivity index (χ1n) is 5.80. The van der Waals surface area contributed by atoms with Crippen LogP contribution in [0.25, 0.3) is 0 Å². The number of rotatable bonds is 3. The molecule has 1 aromatic rings. The van der Waals surface area contributed by atoms with Crippen LogP contribution in [0.4, 0.5) is 0 Å². The highest BCUT2D eigenvalue weighted by Gasteiger charge is 2.52. The van der Waals surface area contributed by atoms with E-state index in [1.54, 1.807) is 0 Å². The van der Waals surface area contributed by atoms with Gasteiger partial charge in [0.05, 0.1) is 12.3 Å². The van der Waals surface area contributed by atoms with Crippen LogP contribution in [0.2, 0.25) is 0 Å². The highest BCUT2D eigenvalue weighted by Crippen LogP contribution is 2.57. The Morgan fingerprint density at radius 3 is 2.60 bits per heavy atom. The molecule has 1 saturated carbocycles. The van der Waals surface area contributed by atoms with Crippen LogP contribution in [-0.4, -0.2) is 21.0 Å². The highest BCUT2D eigenvalue weighted by atomic mass is 16.3. The molecule has 84 valence electrons. The van der Waals surface area contributed by atoms with Crippen molar-refractivity contribution in [2.24, 2.45) is 12.5 Å². The summed E-state index contributed by atoms with van der Waals surface area (Å²) in [4.78, 5) is 0. The summed E-state index contributed by atoms with van der Waals surface area (Å²) in [6.07, 6.45) is 6.88. The van der Waals surface area contributed by atoms with Gasteiger partial charge in [0, 0.05) is 18.7 Å². The maximum atomic E-state index is 9.97. The molecule has 3 nitrogen and oxygen atoms in total. The lowest BCUT2D eigenvalue weighted by molar-refractivity contribution is -0.0932. The van der Waals surface area contributed by atoms with Crippen molar-refractivity contribution in [3.8, 4) is 0 Å². The fraction of sp³-hybridized carbons (Fsp3) is 0.750. The largest absolute Gasteiger partial charge is 0.393 e. The quantitative estimate of drug-likeness (QED) is 0.825. The summed E-state index contributed by atoms with van der Waals surface area (Å²) in [5.41, 5.74) is 1.38. The molecule has 15 heavy (non-hydrogen) atoms. The molecule has 2 rings (SSSR count). The Labute approximate surface area is 91.1 Å². The molecule has 1 heterocycles. The van der Waals surface area contributed by atoms with Gasteiger partial charge < -0.3 is 5.11 Å². The van der Waals surface area contributed by atoms with E-state index in [9.17, 15) is 5.11 Å². The number of aliphatic hydroxyl groups is 1. The Morgan fingerprint density at radius 1 is 1.53 bits per heavy atom. The molecule has 0 spiro atoms. The number of aromatic nitrogens is 2. The molecule has 1 N–H and O–H groups in total. The molecule has 1 aromatic heterocycles. The van der Waals surface area contributed by atoms with E-state index >= 15 is 0 Å². The third-order valence-corrected chi connectivity index (χ3v) is 4.26. The highest BCUT2D eigenvalue weighted by molar-refractivity contribution is 5.23. The van der Waals surface area contributed by atoms with Gasteiger partial charge in [0.15, 0.2) is 0 Å².